The average molecular weight is 340 g/mol. The molecule has 2 N–H and O–H groups in total. The van der Waals surface area contributed by atoms with Gasteiger partial charge in [-0.15, -0.1) is 5.10 Å². The molecule has 25 heavy (non-hydrogen) atoms. The molecule has 6 heteroatoms. The Balaban J connectivity index is 1.60. The number of benzene rings is 1. The molecule has 1 fully saturated rings. The van der Waals surface area contributed by atoms with Crippen molar-refractivity contribution in [2.75, 3.05) is 35.2 Å². The molecule has 0 spiro atoms. The van der Waals surface area contributed by atoms with Gasteiger partial charge in [0.05, 0.1) is 6.20 Å². The van der Waals surface area contributed by atoms with E-state index in [0.717, 1.165) is 37.1 Å². The van der Waals surface area contributed by atoms with Crippen molar-refractivity contribution >= 4 is 23.1 Å². The molecule has 134 valence electrons. The summed E-state index contributed by atoms with van der Waals surface area (Å²) >= 11 is 0. The number of anilines is 4. The van der Waals surface area contributed by atoms with E-state index in [0.29, 0.717) is 11.9 Å². The van der Waals surface area contributed by atoms with Crippen LogP contribution in [-0.2, 0) is 0 Å². The minimum atomic E-state index is 0.508. The SMILES string of the molecule is CC(C)CNc1cnnc(Nc2ccc(N3CCC(C)CC3)cc2)n1. The van der Waals surface area contributed by atoms with E-state index < -0.39 is 0 Å². The fraction of sp³-hybridized carbons (Fsp3) is 0.526. The minimum absolute atomic E-state index is 0.508. The van der Waals surface area contributed by atoms with E-state index >= 15 is 0 Å². The summed E-state index contributed by atoms with van der Waals surface area (Å²) in [6, 6.07) is 8.47. The second-order valence-electron chi connectivity index (χ2n) is 7.28. The van der Waals surface area contributed by atoms with E-state index in [-0.39, 0.29) is 0 Å². The summed E-state index contributed by atoms with van der Waals surface area (Å²) < 4.78 is 0. The third-order valence-electron chi connectivity index (χ3n) is 4.52. The maximum absolute atomic E-state index is 4.45. The smallest absolute Gasteiger partial charge is 0.249 e. The summed E-state index contributed by atoms with van der Waals surface area (Å²) in [5.74, 6) is 2.65. The van der Waals surface area contributed by atoms with Crippen molar-refractivity contribution in [3.8, 4) is 0 Å². The topological polar surface area (TPSA) is 66.0 Å². The van der Waals surface area contributed by atoms with Crippen molar-refractivity contribution in [3.05, 3.63) is 30.5 Å². The van der Waals surface area contributed by atoms with E-state index in [2.05, 4.69) is 75.8 Å². The van der Waals surface area contributed by atoms with Gasteiger partial charge in [0.1, 0.15) is 0 Å². The van der Waals surface area contributed by atoms with Gasteiger partial charge in [-0.1, -0.05) is 20.8 Å². The monoisotopic (exact) mass is 340 g/mol. The lowest BCUT2D eigenvalue weighted by Gasteiger charge is -2.32. The minimum Gasteiger partial charge on any atom is -0.372 e. The van der Waals surface area contributed by atoms with Crippen LogP contribution < -0.4 is 15.5 Å². The van der Waals surface area contributed by atoms with Gasteiger partial charge >= 0.3 is 0 Å². The van der Waals surface area contributed by atoms with Crippen LogP contribution in [0.25, 0.3) is 0 Å². The third kappa shape index (κ3) is 5.05. The van der Waals surface area contributed by atoms with E-state index in [1.54, 1.807) is 6.20 Å². The normalized spacial score (nSPS) is 15.4. The third-order valence-corrected chi connectivity index (χ3v) is 4.52. The quantitative estimate of drug-likeness (QED) is 0.831. The van der Waals surface area contributed by atoms with Gasteiger partial charge < -0.3 is 15.5 Å². The molecule has 1 aromatic carbocycles. The Labute approximate surface area is 150 Å². The van der Waals surface area contributed by atoms with Crippen LogP contribution in [0.3, 0.4) is 0 Å². The lowest BCUT2D eigenvalue weighted by Crippen LogP contribution is -2.32. The van der Waals surface area contributed by atoms with Crippen LogP contribution in [0.4, 0.5) is 23.1 Å². The first-order chi connectivity index (χ1) is 12.1. The van der Waals surface area contributed by atoms with Gasteiger partial charge in [-0.05, 0) is 48.9 Å². The van der Waals surface area contributed by atoms with Gasteiger partial charge in [0, 0.05) is 31.0 Å². The Bertz CT molecular complexity index is 662. The van der Waals surface area contributed by atoms with E-state index in [1.807, 2.05) is 0 Å². The van der Waals surface area contributed by atoms with Crippen LogP contribution >= 0.6 is 0 Å². The molecule has 2 aromatic rings. The van der Waals surface area contributed by atoms with E-state index in [4.69, 9.17) is 0 Å². The zero-order valence-electron chi connectivity index (χ0n) is 15.4. The predicted octanol–water partition coefficient (Wildman–Crippen LogP) is 3.92. The number of piperidine rings is 1. The number of hydrogen-bond acceptors (Lipinski definition) is 6. The zero-order valence-corrected chi connectivity index (χ0v) is 15.4. The molecule has 2 heterocycles. The van der Waals surface area contributed by atoms with Crippen LogP contribution in [0, 0.1) is 11.8 Å². The maximum atomic E-state index is 4.45. The largest absolute Gasteiger partial charge is 0.372 e. The van der Waals surface area contributed by atoms with Gasteiger partial charge in [0.2, 0.25) is 5.95 Å². The summed E-state index contributed by atoms with van der Waals surface area (Å²) in [7, 11) is 0. The second-order valence-corrected chi connectivity index (χ2v) is 7.28. The highest BCUT2D eigenvalue weighted by Crippen LogP contribution is 2.25. The molecule has 0 saturated carbocycles. The highest BCUT2D eigenvalue weighted by atomic mass is 15.3. The second kappa shape index (κ2) is 8.14. The first-order valence-corrected chi connectivity index (χ1v) is 9.16. The summed E-state index contributed by atoms with van der Waals surface area (Å²) in [6.07, 6.45) is 4.19. The molecule has 0 aliphatic carbocycles. The van der Waals surface area contributed by atoms with E-state index in [1.165, 1.54) is 18.5 Å². The molecule has 0 amide bonds. The Morgan fingerprint density at radius 2 is 1.88 bits per heavy atom. The fourth-order valence-corrected chi connectivity index (χ4v) is 2.90. The van der Waals surface area contributed by atoms with Gasteiger partial charge in [-0.3, -0.25) is 0 Å². The molecular weight excluding hydrogens is 312 g/mol. The standard InChI is InChI=1S/C19H28N6/c1-14(2)12-20-18-13-21-24-19(23-18)22-16-4-6-17(7-5-16)25-10-8-15(3)9-11-25/h4-7,13-15H,8-12H2,1-3H3,(H2,20,22,23,24). The predicted molar refractivity (Wildman–Crippen MR) is 103 cm³/mol. The number of nitrogens with zero attached hydrogens (tertiary/aromatic N) is 4. The van der Waals surface area contributed by atoms with Crippen molar-refractivity contribution in [1.82, 2.24) is 15.2 Å². The molecule has 0 radical (unpaired) electrons. The molecule has 6 nitrogen and oxygen atoms in total. The number of aromatic nitrogens is 3. The number of hydrogen-bond donors (Lipinski definition) is 2. The number of rotatable bonds is 6. The van der Waals surface area contributed by atoms with Crippen molar-refractivity contribution < 1.29 is 0 Å². The summed E-state index contributed by atoms with van der Waals surface area (Å²) in [4.78, 5) is 6.91. The first-order valence-electron chi connectivity index (χ1n) is 9.16. The van der Waals surface area contributed by atoms with Crippen LogP contribution in [0.2, 0.25) is 0 Å². The van der Waals surface area contributed by atoms with Gasteiger partial charge in [0.25, 0.3) is 0 Å². The first kappa shape index (κ1) is 17.5. The lowest BCUT2D eigenvalue weighted by atomic mass is 9.99. The molecule has 3 rings (SSSR count). The fourth-order valence-electron chi connectivity index (χ4n) is 2.90. The Morgan fingerprint density at radius 3 is 2.56 bits per heavy atom. The zero-order chi connectivity index (χ0) is 17.6. The molecule has 1 aromatic heterocycles. The highest BCUT2D eigenvalue weighted by Gasteiger charge is 2.15. The molecule has 0 bridgehead atoms. The Morgan fingerprint density at radius 1 is 1.16 bits per heavy atom. The highest BCUT2D eigenvalue weighted by molar-refractivity contribution is 5.59. The van der Waals surface area contributed by atoms with Crippen LogP contribution in [0.1, 0.15) is 33.6 Å². The maximum Gasteiger partial charge on any atom is 0.249 e. The molecule has 0 unspecified atom stereocenters. The average Bonchev–Trinajstić information content (AvgIpc) is 2.62. The van der Waals surface area contributed by atoms with Gasteiger partial charge in [-0.2, -0.15) is 10.1 Å². The summed E-state index contributed by atoms with van der Waals surface area (Å²) in [5, 5.41) is 14.6. The molecule has 1 aliphatic rings. The van der Waals surface area contributed by atoms with Gasteiger partial charge in [0.15, 0.2) is 5.82 Å². The van der Waals surface area contributed by atoms with Crippen LogP contribution in [0.15, 0.2) is 30.5 Å². The van der Waals surface area contributed by atoms with Crippen molar-refractivity contribution in [3.63, 3.8) is 0 Å². The summed E-state index contributed by atoms with van der Waals surface area (Å²) in [6.45, 7) is 9.80. The van der Waals surface area contributed by atoms with Crippen LogP contribution in [0.5, 0.6) is 0 Å². The molecular formula is C19H28N6. The number of nitrogens with one attached hydrogen (secondary N) is 2. The Kier molecular flexibility index (Phi) is 5.68. The Hall–Kier alpha value is -2.37. The summed E-state index contributed by atoms with van der Waals surface area (Å²) in [5.41, 5.74) is 2.25. The molecule has 1 saturated heterocycles. The van der Waals surface area contributed by atoms with Crippen LogP contribution in [-0.4, -0.2) is 34.8 Å². The van der Waals surface area contributed by atoms with Crippen molar-refractivity contribution in [2.24, 2.45) is 11.8 Å². The van der Waals surface area contributed by atoms with Crippen molar-refractivity contribution in [1.29, 1.82) is 0 Å². The van der Waals surface area contributed by atoms with E-state index in [9.17, 15) is 0 Å². The lowest BCUT2D eigenvalue weighted by molar-refractivity contribution is 0.438. The molecule has 0 atom stereocenters. The van der Waals surface area contributed by atoms with Crippen molar-refractivity contribution in [2.45, 2.75) is 33.6 Å². The van der Waals surface area contributed by atoms with Gasteiger partial charge in [-0.25, -0.2) is 0 Å². The molecule has 1 aliphatic heterocycles.